The molecule has 1 aliphatic rings. The number of carbonyl (C=O) groups is 1. The molecule has 1 aliphatic heterocycles. The van der Waals surface area contributed by atoms with Gasteiger partial charge in [-0.2, -0.15) is 0 Å². The molecule has 0 amide bonds. The summed E-state index contributed by atoms with van der Waals surface area (Å²) in [4.78, 5) is 11.6. The monoisotopic (exact) mass is 260 g/mol. The van der Waals surface area contributed by atoms with E-state index in [0.29, 0.717) is 32.1 Å². The minimum atomic E-state index is -0.678. The van der Waals surface area contributed by atoms with Crippen molar-refractivity contribution in [1.82, 2.24) is 0 Å². The molecule has 5 heteroatoms. The van der Waals surface area contributed by atoms with Crippen molar-refractivity contribution in [2.75, 3.05) is 0 Å². The Hall–Kier alpha value is -0.650. The maximum atomic E-state index is 11.6. The van der Waals surface area contributed by atoms with Crippen LogP contribution in [0.3, 0.4) is 0 Å². The van der Waals surface area contributed by atoms with Crippen molar-refractivity contribution in [2.24, 2.45) is 5.92 Å². The first kappa shape index (κ1) is 15.4. The van der Waals surface area contributed by atoms with Crippen molar-refractivity contribution in [3.8, 4) is 0 Å². The van der Waals surface area contributed by atoms with E-state index >= 15 is 0 Å². The standard InChI is InChI=1S/C13H24O5/c1-3-10(15)7-11(16)5-9-6-12(4-8(2)14)18-13(9)17/h8-12,14-16H,3-7H2,1-2H3. The SMILES string of the molecule is CCC(O)CC(O)CC1CC(CC(C)O)OC1=O. The topological polar surface area (TPSA) is 87.0 Å². The zero-order chi connectivity index (χ0) is 13.7. The molecule has 3 N–H and O–H groups in total. The maximum Gasteiger partial charge on any atom is 0.309 e. The Bertz CT molecular complexity index is 266. The molecule has 1 fully saturated rings. The highest BCUT2D eigenvalue weighted by molar-refractivity contribution is 5.74. The van der Waals surface area contributed by atoms with E-state index in [1.54, 1.807) is 6.92 Å². The molecule has 0 spiro atoms. The van der Waals surface area contributed by atoms with Crippen LogP contribution in [0.1, 0.15) is 46.0 Å². The van der Waals surface area contributed by atoms with Crippen molar-refractivity contribution in [3.63, 3.8) is 0 Å². The number of cyclic esters (lactones) is 1. The molecule has 0 aromatic rings. The van der Waals surface area contributed by atoms with E-state index in [2.05, 4.69) is 0 Å². The summed E-state index contributed by atoms with van der Waals surface area (Å²) in [6.07, 6.45) is 0.260. The molecule has 1 saturated heterocycles. The molecule has 5 unspecified atom stereocenters. The lowest BCUT2D eigenvalue weighted by molar-refractivity contribution is -0.145. The smallest absolute Gasteiger partial charge is 0.309 e. The van der Waals surface area contributed by atoms with Gasteiger partial charge in [0.2, 0.25) is 0 Å². The largest absolute Gasteiger partial charge is 0.462 e. The third-order valence-corrected chi connectivity index (χ3v) is 3.34. The summed E-state index contributed by atoms with van der Waals surface area (Å²) < 4.78 is 5.14. The van der Waals surface area contributed by atoms with E-state index in [1.165, 1.54) is 0 Å². The van der Waals surface area contributed by atoms with Gasteiger partial charge in [-0.3, -0.25) is 4.79 Å². The number of esters is 1. The van der Waals surface area contributed by atoms with Gasteiger partial charge in [-0.1, -0.05) is 6.92 Å². The molecule has 0 aromatic heterocycles. The van der Waals surface area contributed by atoms with Gasteiger partial charge in [-0.15, -0.1) is 0 Å². The molecule has 0 aliphatic carbocycles. The molecule has 1 rings (SSSR count). The normalized spacial score (nSPS) is 28.8. The number of hydrogen-bond donors (Lipinski definition) is 3. The first-order chi connectivity index (χ1) is 8.42. The number of aliphatic hydroxyl groups excluding tert-OH is 3. The van der Waals surface area contributed by atoms with Gasteiger partial charge < -0.3 is 20.1 Å². The summed E-state index contributed by atoms with van der Waals surface area (Å²) in [5.74, 6) is -0.613. The zero-order valence-electron chi connectivity index (χ0n) is 11.1. The Morgan fingerprint density at radius 2 is 1.94 bits per heavy atom. The third kappa shape index (κ3) is 4.92. The Morgan fingerprint density at radius 1 is 1.28 bits per heavy atom. The van der Waals surface area contributed by atoms with E-state index in [0.717, 1.165) is 0 Å². The van der Waals surface area contributed by atoms with Crippen LogP contribution >= 0.6 is 0 Å². The lowest BCUT2D eigenvalue weighted by Crippen LogP contribution is -2.22. The van der Waals surface area contributed by atoms with Crippen LogP contribution in [0.2, 0.25) is 0 Å². The number of hydrogen-bond acceptors (Lipinski definition) is 5. The van der Waals surface area contributed by atoms with Crippen LogP contribution in [0.5, 0.6) is 0 Å². The van der Waals surface area contributed by atoms with Crippen LogP contribution in [0.25, 0.3) is 0 Å². The number of rotatable bonds is 7. The third-order valence-electron chi connectivity index (χ3n) is 3.34. The van der Waals surface area contributed by atoms with Crippen LogP contribution in [0.4, 0.5) is 0 Å². The van der Waals surface area contributed by atoms with E-state index in [4.69, 9.17) is 4.74 Å². The first-order valence-electron chi connectivity index (χ1n) is 6.67. The average molecular weight is 260 g/mol. The minimum Gasteiger partial charge on any atom is -0.462 e. The number of ether oxygens (including phenoxy) is 1. The Balaban J connectivity index is 2.36. The fourth-order valence-electron chi connectivity index (χ4n) is 2.34. The van der Waals surface area contributed by atoms with Crippen LogP contribution in [0.15, 0.2) is 0 Å². The Labute approximate surface area is 108 Å². The predicted octanol–water partition coefficient (Wildman–Crippen LogP) is 0.601. The first-order valence-corrected chi connectivity index (χ1v) is 6.67. The van der Waals surface area contributed by atoms with Crippen molar-refractivity contribution >= 4 is 5.97 Å². The zero-order valence-corrected chi connectivity index (χ0v) is 11.1. The van der Waals surface area contributed by atoms with Crippen LogP contribution in [-0.2, 0) is 9.53 Å². The van der Waals surface area contributed by atoms with Crippen molar-refractivity contribution in [3.05, 3.63) is 0 Å². The molecule has 1 heterocycles. The Morgan fingerprint density at radius 3 is 2.50 bits per heavy atom. The highest BCUT2D eigenvalue weighted by Gasteiger charge is 2.36. The van der Waals surface area contributed by atoms with Crippen LogP contribution < -0.4 is 0 Å². The average Bonchev–Trinajstić information content (AvgIpc) is 2.57. The summed E-state index contributed by atoms with van der Waals surface area (Å²) in [5, 5.41) is 28.5. The van der Waals surface area contributed by atoms with E-state index in [1.807, 2.05) is 6.92 Å². The van der Waals surface area contributed by atoms with E-state index in [9.17, 15) is 20.1 Å². The van der Waals surface area contributed by atoms with Crippen LogP contribution in [-0.4, -0.2) is 45.7 Å². The fourth-order valence-corrected chi connectivity index (χ4v) is 2.34. The number of carbonyl (C=O) groups excluding carboxylic acids is 1. The quantitative estimate of drug-likeness (QED) is 0.584. The van der Waals surface area contributed by atoms with Crippen molar-refractivity contribution in [1.29, 1.82) is 0 Å². The molecule has 0 bridgehead atoms. The lowest BCUT2D eigenvalue weighted by Gasteiger charge is -2.16. The van der Waals surface area contributed by atoms with Gasteiger partial charge in [0, 0.05) is 6.42 Å². The van der Waals surface area contributed by atoms with Gasteiger partial charge in [-0.25, -0.2) is 0 Å². The van der Waals surface area contributed by atoms with Gasteiger partial charge in [0.05, 0.1) is 24.2 Å². The van der Waals surface area contributed by atoms with E-state index < -0.39 is 18.3 Å². The second kappa shape index (κ2) is 7.07. The second-order valence-electron chi connectivity index (χ2n) is 5.26. The van der Waals surface area contributed by atoms with Gasteiger partial charge in [-0.05, 0) is 32.6 Å². The van der Waals surface area contributed by atoms with Gasteiger partial charge >= 0.3 is 5.97 Å². The lowest BCUT2D eigenvalue weighted by atomic mass is 9.93. The van der Waals surface area contributed by atoms with Gasteiger partial charge in [0.1, 0.15) is 6.10 Å². The fraction of sp³-hybridized carbons (Fsp3) is 0.923. The molecular weight excluding hydrogens is 236 g/mol. The molecule has 106 valence electrons. The summed E-state index contributed by atoms with van der Waals surface area (Å²) >= 11 is 0. The van der Waals surface area contributed by atoms with Gasteiger partial charge in [0.25, 0.3) is 0 Å². The van der Waals surface area contributed by atoms with Crippen LogP contribution in [0, 0.1) is 5.92 Å². The highest BCUT2D eigenvalue weighted by atomic mass is 16.6. The molecule has 5 nitrogen and oxygen atoms in total. The van der Waals surface area contributed by atoms with Crippen molar-refractivity contribution < 1.29 is 24.9 Å². The maximum absolute atomic E-state index is 11.6. The summed E-state index contributed by atoms with van der Waals surface area (Å²) in [5.41, 5.74) is 0. The van der Waals surface area contributed by atoms with Crippen molar-refractivity contribution in [2.45, 2.75) is 70.4 Å². The molecule has 18 heavy (non-hydrogen) atoms. The second-order valence-corrected chi connectivity index (χ2v) is 5.26. The Kier molecular flexibility index (Phi) is 6.05. The molecule has 0 saturated carbocycles. The predicted molar refractivity (Wildman–Crippen MR) is 65.8 cm³/mol. The number of aliphatic hydroxyl groups is 3. The summed E-state index contributed by atoms with van der Waals surface area (Å²) in [6.45, 7) is 3.51. The van der Waals surface area contributed by atoms with Gasteiger partial charge in [0.15, 0.2) is 0 Å². The highest BCUT2D eigenvalue weighted by Crippen LogP contribution is 2.28. The minimum absolute atomic E-state index is 0.245. The van der Waals surface area contributed by atoms with E-state index in [-0.39, 0.29) is 18.0 Å². The molecule has 5 atom stereocenters. The summed E-state index contributed by atoms with van der Waals surface area (Å²) in [7, 11) is 0. The molecule has 0 radical (unpaired) electrons. The molecular formula is C13H24O5. The molecule has 0 aromatic carbocycles. The summed E-state index contributed by atoms with van der Waals surface area (Å²) in [6, 6.07) is 0.